The van der Waals surface area contributed by atoms with Gasteiger partial charge in [-0.15, -0.1) is 0 Å². The summed E-state index contributed by atoms with van der Waals surface area (Å²) in [5.41, 5.74) is -0.335. The maximum absolute atomic E-state index is 12.7. The zero-order chi connectivity index (χ0) is 14.6. The predicted molar refractivity (Wildman–Crippen MR) is 78.2 cm³/mol. The zero-order valence-corrected chi connectivity index (χ0v) is 12.7. The number of nitrogens with zero attached hydrogens (tertiary/aromatic N) is 1. The molecule has 0 aromatic rings. The maximum Gasteiger partial charge on any atom is 0.242 e. The summed E-state index contributed by atoms with van der Waals surface area (Å²) in [5, 5.41) is 6.28. The molecule has 0 aliphatic carbocycles. The Kier molecular flexibility index (Phi) is 5.02. The first kappa shape index (κ1) is 15.3. The highest BCUT2D eigenvalue weighted by atomic mass is 16.2. The van der Waals surface area contributed by atoms with E-state index in [4.69, 9.17) is 0 Å². The van der Waals surface area contributed by atoms with Gasteiger partial charge in [0, 0.05) is 25.6 Å². The van der Waals surface area contributed by atoms with E-state index < -0.39 is 0 Å². The van der Waals surface area contributed by atoms with Gasteiger partial charge in [0.05, 0.1) is 5.54 Å². The number of rotatable bonds is 4. The summed E-state index contributed by atoms with van der Waals surface area (Å²) in [6.07, 6.45) is 4.45. The van der Waals surface area contributed by atoms with Crippen LogP contribution in [0.4, 0.5) is 0 Å². The first-order chi connectivity index (χ1) is 9.63. The second-order valence-corrected chi connectivity index (χ2v) is 5.93. The fourth-order valence-corrected chi connectivity index (χ4v) is 3.41. The monoisotopic (exact) mass is 281 g/mol. The van der Waals surface area contributed by atoms with Crippen molar-refractivity contribution in [3.8, 4) is 0 Å². The number of hydrogen-bond acceptors (Lipinski definition) is 3. The lowest BCUT2D eigenvalue weighted by Crippen LogP contribution is -2.56. The summed E-state index contributed by atoms with van der Waals surface area (Å²) < 4.78 is 0. The van der Waals surface area contributed by atoms with Gasteiger partial charge in [-0.2, -0.15) is 0 Å². The fourth-order valence-electron chi connectivity index (χ4n) is 3.41. The predicted octanol–water partition coefficient (Wildman–Crippen LogP) is 0.893. The van der Waals surface area contributed by atoms with Crippen LogP contribution in [0, 0.1) is 5.92 Å². The largest absolute Gasteiger partial charge is 0.356 e. The van der Waals surface area contributed by atoms with Crippen molar-refractivity contribution < 1.29 is 9.59 Å². The van der Waals surface area contributed by atoms with Gasteiger partial charge in [0.15, 0.2) is 0 Å². The van der Waals surface area contributed by atoms with E-state index in [0.717, 1.165) is 38.6 Å². The number of hydrogen-bond donors (Lipinski definition) is 2. The number of piperidine rings is 1. The van der Waals surface area contributed by atoms with E-state index in [1.54, 1.807) is 0 Å². The van der Waals surface area contributed by atoms with Crippen LogP contribution >= 0.6 is 0 Å². The smallest absolute Gasteiger partial charge is 0.242 e. The summed E-state index contributed by atoms with van der Waals surface area (Å²) in [4.78, 5) is 26.5. The molecule has 20 heavy (non-hydrogen) atoms. The third-order valence-electron chi connectivity index (χ3n) is 4.76. The van der Waals surface area contributed by atoms with Crippen LogP contribution in [-0.4, -0.2) is 48.4 Å². The quantitative estimate of drug-likeness (QED) is 0.804. The van der Waals surface area contributed by atoms with Crippen LogP contribution < -0.4 is 10.6 Å². The molecule has 5 heteroatoms. The van der Waals surface area contributed by atoms with Crippen LogP contribution in [0.15, 0.2) is 0 Å². The molecular weight excluding hydrogens is 254 g/mol. The van der Waals surface area contributed by atoms with Gasteiger partial charge in [-0.25, -0.2) is 0 Å². The highest BCUT2D eigenvalue weighted by molar-refractivity contribution is 5.87. The van der Waals surface area contributed by atoms with Crippen molar-refractivity contribution in [3.05, 3.63) is 0 Å². The van der Waals surface area contributed by atoms with E-state index in [0.29, 0.717) is 19.6 Å². The van der Waals surface area contributed by atoms with Crippen LogP contribution in [0.2, 0.25) is 0 Å². The van der Waals surface area contributed by atoms with Gasteiger partial charge < -0.3 is 15.5 Å². The second kappa shape index (κ2) is 6.57. The molecule has 5 nitrogen and oxygen atoms in total. The van der Waals surface area contributed by atoms with Crippen molar-refractivity contribution in [1.82, 2.24) is 15.5 Å². The highest BCUT2D eigenvalue weighted by Crippen LogP contribution is 2.28. The molecule has 0 radical (unpaired) electrons. The van der Waals surface area contributed by atoms with Gasteiger partial charge >= 0.3 is 0 Å². The molecule has 114 valence electrons. The molecular formula is C15H27N3O2. The third kappa shape index (κ3) is 2.97. The molecule has 2 rings (SSSR count). The zero-order valence-electron chi connectivity index (χ0n) is 12.7. The number of carbonyl (C=O) groups excluding carboxylic acids is 2. The highest BCUT2D eigenvalue weighted by Gasteiger charge is 2.42. The van der Waals surface area contributed by atoms with Gasteiger partial charge in [0.2, 0.25) is 11.8 Å². The van der Waals surface area contributed by atoms with Crippen LogP contribution in [-0.2, 0) is 9.59 Å². The summed E-state index contributed by atoms with van der Waals surface area (Å²) in [5.74, 6) is 0.462. The molecule has 0 aromatic carbocycles. The Morgan fingerprint density at radius 1 is 1.30 bits per heavy atom. The van der Waals surface area contributed by atoms with Crippen LogP contribution in [0.1, 0.15) is 46.0 Å². The molecule has 2 aliphatic rings. The fraction of sp³-hybridized carbons (Fsp3) is 0.867. The van der Waals surface area contributed by atoms with Gasteiger partial charge in [0.25, 0.3) is 0 Å². The maximum atomic E-state index is 12.7. The normalized spacial score (nSPS) is 27.6. The molecule has 2 saturated heterocycles. The van der Waals surface area contributed by atoms with Crippen molar-refractivity contribution in [2.24, 2.45) is 5.92 Å². The van der Waals surface area contributed by atoms with Gasteiger partial charge in [-0.3, -0.25) is 9.59 Å². The van der Waals surface area contributed by atoms with E-state index in [1.165, 1.54) is 0 Å². The molecule has 0 aromatic heterocycles. The third-order valence-corrected chi connectivity index (χ3v) is 4.76. The number of nitrogens with one attached hydrogen (secondary N) is 2. The molecule has 2 heterocycles. The van der Waals surface area contributed by atoms with Crippen LogP contribution in [0.3, 0.4) is 0 Å². The SMILES string of the molecule is CCNC(=O)C1CCN(C(=O)C2(CC)CCCN2)CC1. The summed E-state index contributed by atoms with van der Waals surface area (Å²) >= 11 is 0. The molecule has 0 saturated carbocycles. The molecule has 2 amide bonds. The summed E-state index contributed by atoms with van der Waals surface area (Å²) in [6, 6.07) is 0. The van der Waals surface area contributed by atoms with Crippen molar-refractivity contribution in [2.75, 3.05) is 26.2 Å². The molecule has 2 aliphatic heterocycles. The molecule has 0 spiro atoms. The first-order valence-corrected chi connectivity index (χ1v) is 7.95. The van der Waals surface area contributed by atoms with Crippen molar-refractivity contribution in [2.45, 2.75) is 51.5 Å². The number of likely N-dealkylation sites (tertiary alicyclic amines) is 1. The lowest BCUT2D eigenvalue weighted by molar-refractivity contribution is -0.141. The summed E-state index contributed by atoms with van der Waals surface area (Å²) in [7, 11) is 0. The molecule has 2 N–H and O–H groups in total. The van der Waals surface area contributed by atoms with Crippen molar-refractivity contribution in [3.63, 3.8) is 0 Å². The molecule has 0 bridgehead atoms. The Balaban J connectivity index is 1.90. The molecule has 2 fully saturated rings. The first-order valence-electron chi connectivity index (χ1n) is 7.95. The number of carbonyl (C=O) groups is 2. The minimum absolute atomic E-state index is 0.0770. The average Bonchev–Trinajstić information content (AvgIpc) is 2.97. The summed E-state index contributed by atoms with van der Waals surface area (Å²) in [6.45, 7) is 7.06. The Hall–Kier alpha value is -1.10. The Morgan fingerprint density at radius 2 is 2.00 bits per heavy atom. The topological polar surface area (TPSA) is 61.4 Å². The minimum atomic E-state index is -0.335. The Bertz CT molecular complexity index is 356. The van der Waals surface area contributed by atoms with Crippen molar-refractivity contribution in [1.29, 1.82) is 0 Å². The Labute approximate surface area is 121 Å². The van der Waals surface area contributed by atoms with Crippen LogP contribution in [0.5, 0.6) is 0 Å². The standard InChI is InChI=1S/C15H27N3O2/c1-3-15(8-5-9-17-15)14(20)18-10-6-12(7-11-18)13(19)16-4-2/h12,17H,3-11H2,1-2H3,(H,16,19). The van der Waals surface area contributed by atoms with E-state index in [-0.39, 0.29) is 23.3 Å². The average molecular weight is 281 g/mol. The van der Waals surface area contributed by atoms with Crippen LogP contribution in [0.25, 0.3) is 0 Å². The van der Waals surface area contributed by atoms with Crippen molar-refractivity contribution >= 4 is 11.8 Å². The lowest BCUT2D eigenvalue weighted by atomic mass is 9.89. The van der Waals surface area contributed by atoms with Gasteiger partial charge in [-0.1, -0.05) is 6.92 Å². The number of amides is 2. The molecule has 1 atom stereocenters. The second-order valence-electron chi connectivity index (χ2n) is 5.93. The Morgan fingerprint density at radius 3 is 2.50 bits per heavy atom. The van der Waals surface area contributed by atoms with E-state index in [1.807, 2.05) is 11.8 Å². The van der Waals surface area contributed by atoms with E-state index in [2.05, 4.69) is 17.6 Å². The van der Waals surface area contributed by atoms with Gasteiger partial charge in [-0.05, 0) is 45.6 Å². The van der Waals surface area contributed by atoms with E-state index in [9.17, 15) is 9.59 Å². The van der Waals surface area contributed by atoms with Gasteiger partial charge in [0.1, 0.15) is 0 Å². The lowest BCUT2D eigenvalue weighted by Gasteiger charge is -2.37. The molecule has 1 unspecified atom stereocenters. The minimum Gasteiger partial charge on any atom is -0.356 e. The van der Waals surface area contributed by atoms with E-state index >= 15 is 0 Å².